The van der Waals surface area contributed by atoms with Gasteiger partial charge in [0.05, 0.1) is 24.9 Å². The highest BCUT2D eigenvalue weighted by atomic mass is 16.5. The molecule has 2 aliphatic rings. The number of nitrogens with zero attached hydrogens (tertiary/aromatic N) is 3. The van der Waals surface area contributed by atoms with Gasteiger partial charge in [0.15, 0.2) is 5.58 Å². The Morgan fingerprint density at radius 2 is 2.04 bits per heavy atom. The summed E-state index contributed by atoms with van der Waals surface area (Å²) in [5.41, 5.74) is 3.61. The maximum Gasteiger partial charge on any atom is 0.296 e. The van der Waals surface area contributed by atoms with E-state index in [1.807, 2.05) is 24.3 Å². The minimum Gasteiger partial charge on any atom is -0.424 e. The molecule has 26 heavy (non-hydrogen) atoms. The van der Waals surface area contributed by atoms with Crippen LogP contribution in [-0.4, -0.2) is 34.0 Å². The quantitative estimate of drug-likeness (QED) is 0.779. The number of aromatic nitrogens is 3. The van der Waals surface area contributed by atoms with E-state index in [1.54, 1.807) is 10.7 Å². The van der Waals surface area contributed by atoms with Crippen LogP contribution in [-0.2, 0) is 17.6 Å². The molecule has 0 bridgehead atoms. The topological polar surface area (TPSA) is 82.2 Å². The first-order chi connectivity index (χ1) is 12.8. The Kier molecular flexibility index (Phi) is 3.74. The molecule has 0 saturated carbocycles. The van der Waals surface area contributed by atoms with Gasteiger partial charge in [-0.1, -0.05) is 12.1 Å². The lowest BCUT2D eigenvalue weighted by atomic mass is 9.97. The van der Waals surface area contributed by atoms with Crippen LogP contribution in [0.5, 0.6) is 0 Å². The van der Waals surface area contributed by atoms with Gasteiger partial charge in [0.1, 0.15) is 11.6 Å². The van der Waals surface area contributed by atoms with Crippen molar-refractivity contribution >= 4 is 17.1 Å². The Balaban J connectivity index is 1.44. The van der Waals surface area contributed by atoms with Crippen LogP contribution in [0.25, 0.3) is 11.1 Å². The van der Waals surface area contributed by atoms with Crippen molar-refractivity contribution in [1.29, 1.82) is 0 Å². The largest absolute Gasteiger partial charge is 0.424 e. The van der Waals surface area contributed by atoms with Crippen molar-refractivity contribution in [3.63, 3.8) is 0 Å². The zero-order valence-electron chi connectivity index (χ0n) is 14.4. The Labute approximate surface area is 150 Å². The molecule has 7 heteroatoms. The fourth-order valence-electron chi connectivity index (χ4n) is 3.83. The third-order valence-electron chi connectivity index (χ3n) is 5.20. The van der Waals surface area contributed by atoms with Crippen molar-refractivity contribution in [3.05, 3.63) is 51.9 Å². The van der Waals surface area contributed by atoms with E-state index < -0.39 is 0 Å². The number of para-hydroxylation sites is 2. The average molecular weight is 352 g/mol. The van der Waals surface area contributed by atoms with Crippen molar-refractivity contribution in [3.8, 4) is 0 Å². The van der Waals surface area contributed by atoms with Gasteiger partial charge < -0.3 is 14.5 Å². The number of hydrogen-bond donors (Lipinski definition) is 1. The van der Waals surface area contributed by atoms with Crippen LogP contribution < -0.4 is 10.9 Å². The number of nitrogens with one attached hydrogen (secondary N) is 1. The molecule has 1 saturated heterocycles. The van der Waals surface area contributed by atoms with E-state index in [4.69, 9.17) is 9.15 Å². The van der Waals surface area contributed by atoms with E-state index in [0.717, 1.165) is 48.0 Å². The number of oxazole rings is 1. The normalized spacial score (nSPS) is 22.5. The van der Waals surface area contributed by atoms with Gasteiger partial charge in [0.25, 0.3) is 11.6 Å². The molecule has 1 N–H and O–H groups in total. The smallest absolute Gasteiger partial charge is 0.296 e. The van der Waals surface area contributed by atoms with E-state index in [1.165, 1.54) is 0 Å². The predicted octanol–water partition coefficient (Wildman–Crippen LogP) is 2.32. The molecule has 2 atom stereocenters. The van der Waals surface area contributed by atoms with E-state index in [0.29, 0.717) is 19.2 Å². The summed E-state index contributed by atoms with van der Waals surface area (Å²) < 4.78 is 13.0. The summed E-state index contributed by atoms with van der Waals surface area (Å²) in [6.45, 7) is 0.929. The summed E-state index contributed by atoms with van der Waals surface area (Å²) >= 11 is 0. The lowest BCUT2D eigenvalue weighted by Crippen LogP contribution is -2.38. The molecule has 0 amide bonds. The number of benzene rings is 1. The summed E-state index contributed by atoms with van der Waals surface area (Å²) in [6, 6.07) is 9.52. The van der Waals surface area contributed by atoms with E-state index in [9.17, 15) is 4.79 Å². The summed E-state index contributed by atoms with van der Waals surface area (Å²) in [7, 11) is 0. The van der Waals surface area contributed by atoms with Crippen molar-refractivity contribution in [2.45, 2.75) is 37.8 Å². The molecule has 3 heterocycles. The van der Waals surface area contributed by atoms with Crippen LogP contribution in [0.2, 0.25) is 0 Å². The lowest BCUT2D eigenvalue weighted by Gasteiger charge is -2.22. The minimum atomic E-state index is -0.176. The SMILES string of the molecule is O=c1cc2c(nn1C1COCC1Nc1nc3ccccc3o1)CCCC2. The molecule has 1 fully saturated rings. The maximum absolute atomic E-state index is 12.6. The first-order valence-electron chi connectivity index (χ1n) is 9.09. The number of aryl methyl sites for hydroxylation is 2. The molecule has 1 aliphatic carbocycles. The number of anilines is 1. The van der Waals surface area contributed by atoms with Gasteiger partial charge >= 0.3 is 0 Å². The zero-order chi connectivity index (χ0) is 17.5. The molecule has 5 rings (SSSR count). The molecule has 134 valence electrons. The third-order valence-corrected chi connectivity index (χ3v) is 5.20. The Bertz CT molecular complexity index is 976. The van der Waals surface area contributed by atoms with Gasteiger partial charge in [0.2, 0.25) is 0 Å². The Morgan fingerprint density at radius 3 is 2.96 bits per heavy atom. The summed E-state index contributed by atoms with van der Waals surface area (Å²) in [5, 5.41) is 7.95. The standard InChI is InChI=1S/C19H20N4O3/c24-18-9-12-5-1-2-6-13(12)22-23(18)16-11-25-10-15(16)21-19-20-14-7-3-4-8-17(14)26-19/h3-4,7-9,15-16H,1-2,5-6,10-11H2,(H,20,21). The highest BCUT2D eigenvalue weighted by Gasteiger charge is 2.33. The molecule has 7 nitrogen and oxygen atoms in total. The second-order valence-corrected chi connectivity index (χ2v) is 6.95. The third kappa shape index (κ3) is 2.68. The van der Waals surface area contributed by atoms with Crippen LogP contribution in [0.1, 0.15) is 30.1 Å². The summed E-state index contributed by atoms with van der Waals surface area (Å²) in [5.74, 6) is 0. The molecule has 0 radical (unpaired) electrons. The van der Waals surface area contributed by atoms with Crippen LogP contribution in [0, 0.1) is 0 Å². The second-order valence-electron chi connectivity index (χ2n) is 6.95. The van der Waals surface area contributed by atoms with E-state index in [2.05, 4.69) is 15.4 Å². The van der Waals surface area contributed by atoms with Crippen LogP contribution in [0.4, 0.5) is 6.01 Å². The van der Waals surface area contributed by atoms with Gasteiger partial charge in [-0.3, -0.25) is 4.79 Å². The molecule has 2 unspecified atom stereocenters. The second kappa shape index (κ2) is 6.25. The van der Waals surface area contributed by atoms with Crippen molar-refractivity contribution in [1.82, 2.24) is 14.8 Å². The van der Waals surface area contributed by atoms with Gasteiger partial charge in [0, 0.05) is 6.07 Å². The fraction of sp³-hybridized carbons (Fsp3) is 0.421. The maximum atomic E-state index is 12.6. The summed E-state index contributed by atoms with van der Waals surface area (Å²) in [6.07, 6.45) is 4.15. The fourth-order valence-corrected chi connectivity index (χ4v) is 3.83. The van der Waals surface area contributed by atoms with Crippen LogP contribution >= 0.6 is 0 Å². The predicted molar refractivity (Wildman–Crippen MR) is 96.4 cm³/mol. The zero-order valence-corrected chi connectivity index (χ0v) is 14.4. The number of fused-ring (bicyclic) bond motifs is 2. The lowest BCUT2D eigenvalue weighted by molar-refractivity contribution is 0.182. The van der Waals surface area contributed by atoms with Crippen LogP contribution in [0.3, 0.4) is 0 Å². The van der Waals surface area contributed by atoms with E-state index in [-0.39, 0.29) is 17.6 Å². The van der Waals surface area contributed by atoms with Crippen molar-refractivity contribution < 1.29 is 9.15 Å². The highest BCUT2D eigenvalue weighted by Crippen LogP contribution is 2.25. The monoisotopic (exact) mass is 352 g/mol. The Hall–Kier alpha value is -2.67. The molecule has 0 spiro atoms. The van der Waals surface area contributed by atoms with Gasteiger partial charge in [-0.25, -0.2) is 4.68 Å². The molecule has 1 aromatic carbocycles. The Morgan fingerprint density at radius 1 is 1.15 bits per heavy atom. The van der Waals surface area contributed by atoms with E-state index >= 15 is 0 Å². The first-order valence-corrected chi connectivity index (χ1v) is 9.09. The molecule has 1 aliphatic heterocycles. The molecular weight excluding hydrogens is 332 g/mol. The first kappa shape index (κ1) is 15.6. The van der Waals surface area contributed by atoms with Crippen molar-refractivity contribution in [2.75, 3.05) is 18.5 Å². The van der Waals surface area contributed by atoms with Gasteiger partial charge in [-0.2, -0.15) is 10.1 Å². The minimum absolute atomic E-state index is 0.0643. The molecule has 2 aromatic heterocycles. The van der Waals surface area contributed by atoms with Gasteiger partial charge in [-0.15, -0.1) is 0 Å². The molecular formula is C19H20N4O3. The van der Waals surface area contributed by atoms with Crippen molar-refractivity contribution in [2.24, 2.45) is 0 Å². The average Bonchev–Trinajstić information content (AvgIpc) is 3.27. The highest BCUT2D eigenvalue weighted by molar-refractivity contribution is 5.74. The van der Waals surface area contributed by atoms with Gasteiger partial charge in [-0.05, 0) is 43.4 Å². The molecule has 3 aromatic rings. The number of hydrogen-bond acceptors (Lipinski definition) is 6. The van der Waals surface area contributed by atoms with Crippen LogP contribution in [0.15, 0.2) is 39.5 Å². The number of rotatable bonds is 3. The summed E-state index contributed by atoms with van der Waals surface area (Å²) in [4.78, 5) is 17.1. The number of ether oxygens (including phenoxy) is 1.